The molecule has 2 aromatic rings. The molecule has 0 saturated carbocycles. The summed E-state index contributed by atoms with van der Waals surface area (Å²) < 4.78 is 4.72. The number of hydrogen-bond acceptors (Lipinski definition) is 4. The van der Waals surface area contributed by atoms with Crippen LogP contribution in [-0.2, 0) is 16.1 Å². The van der Waals surface area contributed by atoms with Gasteiger partial charge in [-0.05, 0) is 29.3 Å². The molecule has 0 radical (unpaired) electrons. The van der Waals surface area contributed by atoms with E-state index in [0.29, 0.717) is 12.0 Å². The Morgan fingerprint density at radius 3 is 2.50 bits per heavy atom. The smallest absolute Gasteiger partial charge is 0.337 e. The maximum absolute atomic E-state index is 11.9. The molecule has 0 fully saturated rings. The van der Waals surface area contributed by atoms with Crippen LogP contribution in [0, 0.1) is 0 Å². The third-order valence-corrected chi connectivity index (χ3v) is 4.17. The van der Waals surface area contributed by atoms with E-state index in [2.05, 4.69) is 17.0 Å². The Balaban J connectivity index is 1.84. The fraction of sp³-hybridized carbons (Fsp3) is 0.200. The predicted molar refractivity (Wildman–Crippen MR) is 91.3 cm³/mol. The third-order valence-electron chi connectivity index (χ3n) is 4.17. The van der Waals surface area contributed by atoms with Gasteiger partial charge in [0.15, 0.2) is 5.78 Å². The second-order valence-electron chi connectivity index (χ2n) is 5.77. The second kappa shape index (κ2) is 7.13. The predicted octanol–water partition coefficient (Wildman–Crippen LogP) is 3.50. The van der Waals surface area contributed by atoms with E-state index < -0.39 is 0 Å². The fourth-order valence-electron chi connectivity index (χ4n) is 2.88. The Labute approximate surface area is 141 Å². The number of ketones is 1. The number of allylic oxidation sites excluding steroid dienone is 1. The highest BCUT2D eigenvalue weighted by Gasteiger charge is 2.24. The number of methoxy groups -OCH3 is 1. The zero-order valence-corrected chi connectivity index (χ0v) is 13.5. The molecular weight excluding hydrogens is 302 g/mol. The maximum atomic E-state index is 11.9. The standard InChI is InChI=1S/C20H19NO3/c1-24-20(23)17-9-7-16(8-10-17)19-13-18(22)11-12-21(19)14-15-5-3-2-4-6-15/h2-12,19H,13-14H2,1H3. The molecule has 2 aromatic carbocycles. The number of esters is 1. The van der Waals surface area contributed by atoms with Crippen molar-refractivity contribution in [3.8, 4) is 0 Å². The molecule has 0 amide bonds. The van der Waals surface area contributed by atoms with E-state index in [-0.39, 0.29) is 17.8 Å². The third kappa shape index (κ3) is 3.54. The van der Waals surface area contributed by atoms with Gasteiger partial charge in [-0.2, -0.15) is 0 Å². The van der Waals surface area contributed by atoms with E-state index in [1.165, 1.54) is 12.7 Å². The van der Waals surface area contributed by atoms with Crippen LogP contribution >= 0.6 is 0 Å². The van der Waals surface area contributed by atoms with Crippen LogP contribution in [0.1, 0.15) is 33.9 Å². The first-order chi connectivity index (χ1) is 11.7. The van der Waals surface area contributed by atoms with Crippen molar-refractivity contribution >= 4 is 11.8 Å². The molecule has 0 saturated heterocycles. The van der Waals surface area contributed by atoms with E-state index in [9.17, 15) is 9.59 Å². The average molecular weight is 321 g/mol. The lowest BCUT2D eigenvalue weighted by Gasteiger charge is -2.33. The molecule has 0 N–H and O–H groups in total. The highest BCUT2D eigenvalue weighted by molar-refractivity contribution is 5.91. The summed E-state index contributed by atoms with van der Waals surface area (Å²) in [6.45, 7) is 0.730. The molecule has 1 atom stereocenters. The molecule has 122 valence electrons. The van der Waals surface area contributed by atoms with Gasteiger partial charge in [-0.15, -0.1) is 0 Å². The first-order valence-corrected chi connectivity index (χ1v) is 7.86. The van der Waals surface area contributed by atoms with Gasteiger partial charge in [-0.3, -0.25) is 4.79 Å². The summed E-state index contributed by atoms with van der Waals surface area (Å²) in [7, 11) is 1.36. The normalized spacial score (nSPS) is 17.0. The van der Waals surface area contributed by atoms with Crippen molar-refractivity contribution in [2.24, 2.45) is 0 Å². The lowest BCUT2D eigenvalue weighted by molar-refractivity contribution is -0.116. The zero-order chi connectivity index (χ0) is 16.9. The molecule has 1 heterocycles. The van der Waals surface area contributed by atoms with Gasteiger partial charge in [-0.25, -0.2) is 4.79 Å². The molecule has 1 aliphatic rings. The Morgan fingerprint density at radius 1 is 1.12 bits per heavy atom. The molecule has 0 bridgehead atoms. The van der Waals surface area contributed by atoms with E-state index in [1.54, 1.807) is 18.2 Å². The Bertz CT molecular complexity index is 750. The molecule has 4 nitrogen and oxygen atoms in total. The molecule has 1 aliphatic heterocycles. The molecule has 4 heteroatoms. The van der Waals surface area contributed by atoms with Crippen molar-refractivity contribution in [1.29, 1.82) is 0 Å². The molecule has 0 aromatic heterocycles. The summed E-state index contributed by atoms with van der Waals surface area (Å²) in [4.78, 5) is 25.6. The van der Waals surface area contributed by atoms with Crippen molar-refractivity contribution in [2.45, 2.75) is 19.0 Å². The van der Waals surface area contributed by atoms with Crippen LogP contribution < -0.4 is 0 Å². The largest absolute Gasteiger partial charge is 0.465 e. The van der Waals surface area contributed by atoms with Crippen LogP contribution in [0.2, 0.25) is 0 Å². The minimum absolute atomic E-state index is 0.0330. The summed E-state index contributed by atoms with van der Waals surface area (Å²) in [5, 5.41) is 0. The molecule has 1 unspecified atom stereocenters. The van der Waals surface area contributed by atoms with E-state index in [0.717, 1.165) is 12.1 Å². The van der Waals surface area contributed by atoms with Crippen molar-refractivity contribution in [2.75, 3.05) is 7.11 Å². The lowest BCUT2D eigenvalue weighted by atomic mass is 9.96. The Morgan fingerprint density at radius 2 is 1.83 bits per heavy atom. The van der Waals surface area contributed by atoms with Crippen molar-refractivity contribution in [3.63, 3.8) is 0 Å². The van der Waals surface area contributed by atoms with Gasteiger partial charge < -0.3 is 9.64 Å². The van der Waals surface area contributed by atoms with E-state index in [4.69, 9.17) is 4.74 Å². The number of nitrogens with zero attached hydrogens (tertiary/aromatic N) is 1. The van der Waals surface area contributed by atoms with Crippen molar-refractivity contribution in [3.05, 3.63) is 83.6 Å². The van der Waals surface area contributed by atoms with E-state index >= 15 is 0 Å². The Kier molecular flexibility index (Phi) is 4.75. The van der Waals surface area contributed by atoms with Gasteiger partial charge in [0.2, 0.25) is 0 Å². The number of carbonyl (C=O) groups excluding carboxylic acids is 2. The quantitative estimate of drug-likeness (QED) is 0.809. The van der Waals surface area contributed by atoms with Gasteiger partial charge in [0.05, 0.1) is 18.7 Å². The van der Waals surface area contributed by atoms with Crippen LogP contribution in [0.15, 0.2) is 66.9 Å². The van der Waals surface area contributed by atoms with Crippen LogP contribution in [-0.4, -0.2) is 23.8 Å². The number of rotatable bonds is 4. The number of hydrogen-bond donors (Lipinski definition) is 0. The summed E-state index contributed by atoms with van der Waals surface area (Å²) in [5.41, 5.74) is 2.71. The van der Waals surface area contributed by atoms with Crippen molar-refractivity contribution < 1.29 is 14.3 Å². The molecule has 24 heavy (non-hydrogen) atoms. The highest BCUT2D eigenvalue weighted by Crippen LogP contribution is 2.30. The fourth-order valence-corrected chi connectivity index (χ4v) is 2.88. The monoisotopic (exact) mass is 321 g/mol. The first kappa shape index (κ1) is 16.0. The zero-order valence-electron chi connectivity index (χ0n) is 13.5. The number of carbonyl (C=O) groups is 2. The molecule has 0 aliphatic carbocycles. The molecule has 0 spiro atoms. The molecular formula is C20H19NO3. The second-order valence-corrected chi connectivity index (χ2v) is 5.77. The van der Waals surface area contributed by atoms with Gasteiger partial charge in [0.25, 0.3) is 0 Å². The number of benzene rings is 2. The number of ether oxygens (including phenoxy) is 1. The minimum atomic E-state index is -0.359. The summed E-state index contributed by atoms with van der Waals surface area (Å²) in [6, 6.07) is 17.4. The average Bonchev–Trinajstić information content (AvgIpc) is 2.63. The van der Waals surface area contributed by atoms with Crippen LogP contribution in [0.4, 0.5) is 0 Å². The van der Waals surface area contributed by atoms with Gasteiger partial charge in [0, 0.05) is 19.2 Å². The molecule has 3 rings (SSSR count). The van der Waals surface area contributed by atoms with Crippen LogP contribution in [0.3, 0.4) is 0 Å². The summed E-state index contributed by atoms with van der Waals surface area (Å²) in [5.74, 6) is -0.247. The SMILES string of the molecule is COC(=O)c1ccc(C2CC(=O)C=CN2Cc2ccccc2)cc1. The van der Waals surface area contributed by atoms with Gasteiger partial charge >= 0.3 is 5.97 Å². The topological polar surface area (TPSA) is 46.6 Å². The van der Waals surface area contributed by atoms with Crippen LogP contribution in [0.25, 0.3) is 0 Å². The lowest BCUT2D eigenvalue weighted by Crippen LogP contribution is -2.28. The minimum Gasteiger partial charge on any atom is -0.465 e. The maximum Gasteiger partial charge on any atom is 0.337 e. The van der Waals surface area contributed by atoms with Gasteiger partial charge in [0.1, 0.15) is 0 Å². The summed E-state index contributed by atoms with van der Waals surface area (Å²) in [6.07, 6.45) is 3.92. The first-order valence-electron chi connectivity index (χ1n) is 7.86. The Hall–Kier alpha value is -2.88. The van der Waals surface area contributed by atoms with Gasteiger partial charge in [-0.1, -0.05) is 42.5 Å². The van der Waals surface area contributed by atoms with Crippen molar-refractivity contribution in [1.82, 2.24) is 4.90 Å². The van der Waals surface area contributed by atoms with Crippen LogP contribution in [0.5, 0.6) is 0 Å². The summed E-state index contributed by atoms with van der Waals surface area (Å²) >= 11 is 0. The van der Waals surface area contributed by atoms with E-state index in [1.807, 2.05) is 36.5 Å². The highest BCUT2D eigenvalue weighted by atomic mass is 16.5.